The highest BCUT2D eigenvalue weighted by atomic mass is 32.1. The highest BCUT2D eigenvalue weighted by Gasteiger charge is 2.21. The van der Waals surface area contributed by atoms with E-state index in [0.717, 1.165) is 9.58 Å². The van der Waals surface area contributed by atoms with E-state index in [1.807, 2.05) is 13.0 Å². The number of benzene rings is 1. The van der Waals surface area contributed by atoms with Crippen LogP contribution in [-0.2, 0) is 16.0 Å². The molecule has 0 aliphatic rings. The van der Waals surface area contributed by atoms with Gasteiger partial charge in [-0.25, -0.2) is 4.79 Å². The summed E-state index contributed by atoms with van der Waals surface area (Å²) in [7, 11) is 0. The Hall–Kier alpha value is -2.41. The van der Waals surface area contributed by atoms with Crippen LogP contribution in [0, 0.1) is 5.41 Å². The Bertz CT molecular complexity index is 736. The lowest BCUT2D eigenvalue weighted by molar-refractivity contribution is -0.139. The molecule has 2 aromatic rings. The molecule has 1 heterocycles. The Morgan fingerprint density at radius 3 is 2.71 bits per heavy atom. The number of aryl methyl sites for hydroxylation is 1. The van der Waals surface area contributed by atoms with Crippen LogP contribution in [0.2, 0.25) is 0 Å². The van der Waals surface area contributed by atoms with Gasteiger partial charge in [-0.3, -0.25) is 10.2 Å². The minimum atomic E-state index is -1.09. The van der Waals surface area contributed by atoms with Crippen molar-refractivity contribution >= 4 is 39.0 Å². The Morgan fingerprint density at radius 2 is 2.14 bits per heavy atom. The maximum atomic E-state index is 11.4. The quantitative estimate of drug-likeness (QED) is 0.706. The van der Waals surface area contributed by atoms with Crippen LogP contribution in [0.3, 0.4) is 0 Å². The fourth-order valence-electron chi connectivity index (χ4n) is 2.06. The zero-order valence-electron chi connectivity index (χ0n) is 11.3. The number of carboxylic acids is 1. The van der Waals surface area contributed by atoms with Crippen LogP contribution in [0.1, 0.15) is 17.4 Å². The van der Waals surface area contributed by atoms with Crippen LogP contribution in [-0.4, -0.2) is 29.3 Å². The Labute approximate surface area is 124 Å². The van der Waals surface area contributed by atoms with Gasteiger partial charge in [0.05, 0.1) is 0 Å². The van der Waals surface area contributed by atoms with Crippen molar-refractivity contribution in [1.82, 2.24) is 0 Å². The molecule has 0 radical (unpaired) electrons. The van der Waals surface area contributed by atoms with Gasteiger partial charge in [0, 0.05) is 20.5 Å². The van der Waals surface area contributed by atoms with Gasteiger partial charge in [0.25, 0.3) is 5.91 Å². The number of nitrogens with two attached hydrogens (primary N) is 1. The molecule has 7 heteroatoms. The molecule has 4 N–H and O–H groups in total. The smallest absolute Gasteiger partial charge is 0.341 e. The van der Waals surface area contributed by atoms with E-state index in [2.05, 4.69) is 0 Å². The van der Waals surface area contributed by atoms with Gasteiger partial charge < -0.3 is 15.6 Å². The van der Waals surface area contributed by atoms with Crippen LogP contribution in [0.15, 0.2) is 18.2 Å². The number of hydrogen-bond donors (Lipinski definition) is 3. The number of thiophene rings is 1. The molecule has 0 bridgehead atoms. The minimum Gasteiger partial charge on any atom is -0.481 e. The van der Waals surface area contributed by atoms with Gasteiger partial charge in [-0.1, -0.05) is 13.0 Å². The fourth-order valence-corrected chi connectivity index (χ4v) is 3.23. The van der Waals surface area contributed by atoms with E-state index >= 15 is 0 Å². The van der Waals surface area contributed by atoms with Gasteiger partial charge in [0.15, 0.2) is 6.61 Å². The van der Waals surface area contributed by atoms with Crippen LogP contribution in [0.5, 0.6) is 5.75 Å². The average Bonchev–Trinajstić information content (AvgIpc) is 2.82. The molecule has 1 amide bonds. The average molecular weight is 306 g/mol. The molecule has 0 fully saturated rings. The van der Waals surface area contributed by atoms with Crippen LogP contribution >= 0.6 is 11.3 Å². The zero-order chi connectivity index (χ0) is 15.6. The molecule has 1 aromatic carbocycles. The number of rotatable bonds is 6. The topological polar surface area (TPSA) is 113 Å². The Balaban J connectivity index is 2.65. The van der Waals surface area contributed by atoms with Crippen molar-refractivity contribution < 1.29 is 19.4 Å². The maximum absolute atomic E-state index is 11.4. The SMILES string of the molecule is CCc1sc2cccc(OCC(=O)O)c2c1C(=N)C(N)=O. The highest BCUT2D eigenvalue weighted by molar-refractivity contribution is 7.19. The maximum Gasteiger partial charge on any atom is 0.341 e. The number of hydrogen-bond acceptors (Lipinski definition) is 5. The number of amides is 1. The predicted octanol–water partition coefficient (Wildman–Crippen LogP) is 1.78. The predicted molar refractivity (Wildman–Crippen MR) is 80.4 cm³/mol. The first kappa shape index (κ1) is 15.0. The second-order valence-electron chi connectivity index (χ2n) is 4.30. The number of nitrogens with one attached hydrogen (secondary N) is 1. The van der Waals surface area contributed by atoms with Gasteiger partial charge in [0.2, 0.25) is 0 Å². The van der Waals surface area contributed by atoms with E-state index in [1.165, 1.54) is 11.3 Å². The van der Waals surface area contributed by atoms with Crippen molar-refractivity contribution in [3.63, 3.8) is 0 Å². The second-order valence-corrected chi connectivity index (χ2v) is 5.44. The molecule has 0 unspecified atom stereocenters. The number of carbonyl (C=O) groups excluding carboxylic acids is 1. The van der Waals surface area contributed by atoms with E-state index in [-0.39, 0.29) is 5.71 Å². The van der Waals surface area contributed by atoms with Crippen molar-refractivity contribution in [2.45, 2.75) is 13.3 Å². The largest absolute Gasteiger partial charge is 0.481 e. The van der Waals surface area contributed by atoms with E-state index in [4.69, 9.17) is 21.0 Å². The molecular formula is C14H14N2O4S. The molecule has 0 aliphatic heterocycles. The summed E-state index contributed by atoms with van der Waals surface area (Å²) in [5, 5.41) is 17.2. The molecular weight excluding hydrogens is 292 g/mol. The standard InChI is InChI=1S/C14H14N2O4S/c1-2-8-12(13(15)14(16)19)11-7(20-6-10(17)18)4-3-5-9(11)21-8/h3-5,15H,2,6H2,1H3,(H2,16,19)(H,17,18). The minimum absolute atomic E-state index is 0.288. The normalized spacial score (nSPS) is 10.5. The second kappa shape index (κ2) is 5.92. The van der Waals surface area contributed by atoms with Crippen LogP contribution < -0.4 is 10.5 Å². The van der Waals surface area contributed by atoms with Gasteiger partial charge in [-0.15, -0.1) is 11.3 Å². The molecule has 6 nitrogen and oxygen atoms in total. The Kier molecular flexibility index (Phi) is 4.23. The summed E-state index contributed by atoms with van der Waals surface area (Å²) >= 11 is 1.44. The van der Waals surface area contributed by atoms with Crippen LogP contribution in [0.4, 0.5) is 0 Å². The first-order valence-electron chi connectivity index (χ1n) is 6.23. The number of primary amides is 1. The van der Waals surface area contributed by atoms with Crippen molar-refractivity contribution in [1.29, 1.82) is 5.41 Å². The van der Waals surface area contributed by atoms with Gasteiger partial charge >= 0.3 is 5.97 Å². The first-order chi connectivity index (χ1) is 9.95. The molecule has 0 aliphatic carbocycles. The van der Waals surface area contributed by atoms with E-state index < -0.39 is 18.5 Å². The molecule has 0 spiro atoms. The number of fused-ring (bicyclic) bond motifs is 1. The third-order valence-corrected chi connectivity index (χ3v) is 4.22. The summed E-state index contributed by atoms with van der Waals surface area (Å²) < 4.78 is 6.10. The first-order valence-corrected chi connectivity index (χ1v) is 7.05. The number of carboxylic acid groups (broad SMARTS) is 1. The molecule has 0 saturated carbocycles. The lowest BCUT2D eigenvalue weighted by Gasteiger charge is -2.08. The van der Waals surface area contributed by atoms with Crippen molar-refractivity contribution in [3.05, 3.63) is 28.6 Å². The lowest BCUT2D eigenvalue weighted by atomic mass is 10.0. The summed E-state index contributed by atoms with van der Waals surface area (Å²) in [5.74, 6) is -1.58. The molecule has 0 atom stereocenters. The molecule has 21 heavy (non-hydrogen) atoms. The van der Waals surface area contributed by atoms with E-state index in [1.54, 1.807) is 12.1 Å². The molecule has 110 valence electrons. The third kappa shape index (κ3) is 2.87. The van der Waals surface area contributed by atoms with Gasteiger partial charge in [0.1, 0.15) is 11.5 Å². The fraction of sp³-hybridized carbons (Fsp3) is 0.214. The van der Waals surface area contributed by atoms with Crippen LogP contribution in [0.25, 0.3) is 10.1 Å². The highest BCUT2D eigenvalue weighted by Crippen LogP contribution is 2.38. The molecule has 1 aromatic heterocycles. The summed E-state index contributed by atoms with van der Waals surface area (Å²) in [5.41, 5.74) is 5.37. The monoisotopic (exact) mass is 306 g/mol. The van der Waals surface area contributed by atoms with Crippen molar-refractivity contribution in [2.24, 2.45) is 5.73 Å². The number of carbonyl (C=O) groups is 2. The zero-order valence-corrected chi connectivity index (χ0v) is 12.1. The van der Waals surface area contributed by atoms with Gasteiger partial charge in [-0.05, 0) is 18.6 Å². The number of aliphatic carboxylic acids is 1. The summed E-state index contributed by atoms with van der Waals surface area (Å²) in [6, 6.07) is 5.20. The summed E-state index contributed by atoms with van der Waals surface area (Å²) in [6.45, 7) is 1.43. The Morgan fingerprint density at radius 1 is 1.43 bits per heavy atom. The summed E-state index contributed by atoms with van der Waals surface area (Å²) in [6.07, 6.45) is 0.642. The molecule has 0 saturated heterocycles. The van der Waals surface area contributed by atoms with Crippen molar-refractivity contribution in [2.75, 3.05) is 6.61 Å². The van der Waals surface area contributed by atoms with Gasteiger partial charge in [-0.2, -0.15) is 0 Å². The van der Waals surface area contributed by atoms with E-state index in [0.29, 0.717) is 23.1 Å². The summed E-state index contributed by atoms with van der Waals surface area (Å²) in [4.78, 5) is 22.9. The molecule has 2 rings (SSSR count). The number of ether oxygens (including phenoxy) is 1. The lowest BCUT2D eigenvalue weighted by Crippen LogP contribution is -2.23. The van der Waals surface area contributed by atoms with Crippen molar-refractivity contribution in [3.8, 4) is 5.75 Å². The third-order valence-electron chi connectivity index (χ3n) is 2.92. The van der Waals surface area contributed by atoms with E-state index in [9.17, 15) is 9.59 Å².